The van der Waals surface area contributed by atoms with Crippen molar-refractivity contribution in [2.45, 2.75) is 49.9 Å². The lowest BCUT2D eigenvalue weighted by atomic mass is 9.84. The van der Waals surface area contributed by atoms with Crippen LogP contribution in [0.4, 0.5) is 0 Å². The number of aliphatic hydroxyl groups is 3. The van der Waals surface area contributed by atoms with Gasteiger partial charge in [-0.1, -0.05) is 55.7 Å². The Morgan fingerprint density at radius 3 is 2.33 bits per heavy atom. The van der Waals surface area contributed by atoms with Gasteiger partial charge in [-0.05, 0) is 24.0 Å². The monoisotopic (exact) mass is 291 g/mol. The summed E-state index contributed by atoms with van der Waals surface area (Å²) in [4.78, 5) is 0. The first-order valence-electron chi connectivity index (χ1n) is 7.60. The van der Waals surface area contributed by atoms with E-state index in [-0.39, 0.29) is 6.61 Å². The van der Waals surface area contributed by atoms with Gasteiger partial charge in [0.25, 0.3) is 0 Å². The van der Waals surface area contributed by atoms with Gasteiger partial charge in [0.1, 0.15) is 0 Å². The molecular formula is C17H25NO3. The van der Waals surface area contributed by atoms with E-state index in [4.69, 9.17) is 10.8 Å². The maximum atomic E-state index is 10.4. The minimum absolute atomic E-state index is 0.351. The van der Waals surface area contributed by atoms with Gasteiger partial charge in [0, 0.05) is 0 Å². The molecule has 1 aliphatic rings. The largest absolute Gasteiger partial charge is 0.394 e. The number of benzene rings is 1. The summed E-state index contributed by atoms with van der Waals surface area (Å²) in [5.74, 6) is 0. The van der Waals surface area contributed by atoms with E-state index < -0.39 is 17.7 Å². The van der Waals surface area contributed by atoms with E-state index in [0.29, 0.717) is 0 Å². The number of hydrogen-bond acceptors (Lipinski definition) is 4. The summed E-state index contributed by atoms with van der Waals surface area (Å²) < 4.78 is 0. The van der Waals surface area contributed by atoms with Gasteiger partial charge in [0.15, 0.2) is 0 Å². The molecule has 5 N–H and O–H groups in total. The van der Waals surface area contributed by atoms with Crippen molar-refractivity contribution in [3.63, 3.8) is 0 Å². The molecule has 0 spiro atoms. The van der Waals surface area contributed by atoms with Gasteiger partial charge in [-0.3, -0.25) is 0 Å². The zero-order chi connectivity index (χ0) is 15.3. The van der Waals surface area contributed by atoms with Crippen LogP contribution >= 0.6 is 0 Å². The first-order valence-corrected chi connectivity index (χ1v) is 7.60. The smallest absolute Gasteiger partial charge is 0.0962 e. The number of rotatable bonds is 5. The third kappa shape index (κ3) is 4.38. The second-order valence-corrected chi connectivity index (χ2v) is 5.94. The molecule has 0 heterocycles. The van der Waals surface area contributed by atoms with Crippen LogP contribution in [0, 0.1) is 0 Å². The normalized spacial score (nSPS) is 21.3. The van der Waals surface area contributed by atoms with E-state index >= 15 is 0 Å². The Kier molecular flexibility index (Phi) is 5.53. The molecule has 0 aliphatic heterocycles. The van der Waals surface area contributed by atoms with E-state index in [9.17, 15) is 10.2 Å². The summed E-state index contributed by atoms with van der Waals surface area (Å²) in [5, 5.41) is 28.9. The lowest BCUT2D eigenvalue weighted by Crippen LogP contribution is -2.29. The van der Waals surface area contributed by atoms with Crippen LogP contribution in [0.15, 0.2) is 30.3 Å². The average Bonchev–Trinajstić information content (AvgIpc) is 2.53. The minimum atomic E-state index is -0.950. The molecule has 0 saturated heterocycles. The SMILES string of the molecule is NC(c1ccc(C=CC2(O)CCCCC2)cc1)[C@H](O)CO. The highest BCUT2D eigenvalue weighted by Gasteiger charge is 2.25. The van der Waals surface area contributed by atoms with E-state index in [0.717, 1.165) is 36.8 Å². The van der Waals surface area contributed by atoms with Crippen LogP contribution < -0.4 is 5.73 Å². The molecule has 1 saturated carbocycles. The summed E-state index contributed by atoms with van der Waals surface area (Å²) in [6, 6.07) is 6.90. The fourth-order valence-corrected chi connectivity index (χ4v) is 2.75. The number of hydrogen-bond donors (Lipinski definition) is 4. The molecule has 116 valence electrons. The van der Waals surface area contributed by atoms with Crippen LogP contribution in [0.25, 0.3) is 6.08 Å². The first-order chi connectivity index (χ1) is 10.0. The highest BCUT2D eigenvalue weighted by molar-refractivity contribution is 5.51. The van der Waals surface area contributed by atoms with Crippen molar-refractivity contribution >= 4 is 6.08 Å². The van der Waals surface area contributed by atoms with Crippen LogP contribution in [0.5, 0.6) is 0 Å². The molecule has 1 unspecified atom stereocenters. The molecule has 0 aromatic heterocycles. The summed E-state index contributed by atoms with van der Waals surface area (Å²) in [6.07, 6.45) is 7.89. The molecule has 1 aromatic rings. The molecule has 0 bridgehead atoms. The highest BCUT2D eigenvalue weighted by atomic mass is 16.3. The molecular weight excluding hydrogens is 266 g/mol. The third-order valence-corrected chi connectivity index (χ3v) is 4.23. The van der Waals surface area contributed by atoms with E-state index in [2.05, 4.69) is 0 Å². The van der Waals surface area contributed by atoms with Crippen molar-refractivity contribution in [1.82, 2.24) is 0 Å². The standard InChI is InChI=1S/C17H25NO3/c18-16(15(20)12-19)14-6-4-13(5-7-14)8-11-17(21)9-2-1-3-10-17/h4-8,11,15-16,19-21H,1-3,9-10,12,18H2/t15-,16?/m1/s1. The third-order valence-electron chi connectivity index (χ3n) is 4.23. The van der Waals surface area contributed by atoms with Crippen molar-refractivity contribution in [2.75, 3.05) is 6.61 Å². The molecule has 0 radical (unpaired) electrons. The predicted molar refractivity (Wildman–Crippen MR) is 83.5 cm³/mol. The molecule has 0 amide bonds. The molecule has 1 aliphatic carbocycles. The topological polar surface area (TPSA) is 86.7 Å². The fourth-order valence-electron chi connectivity index (χ4n) is 2.75. The van der Waals surface area contributed by atoms with Gasteiger partial charge in [-0.2, -0.15) is 0 Å². The van der Waals surface area contributed by atoms with E-state index in [1.807, 2.05) is 36.4 Å². The van der Waals surface area contributed by atoms with Crippen LogP contribution in [-0.4, -0.2) is 33.6 Å². The van der Waals surface area contributed by atoms with Gasteiger partial charge in [-0.15, -0.1) is 0 Å². The summed E-state index contributed by atoms with van der Waals surface area (Å²) in [5.41, 5.74) is 6.95. The Morgan fingerprint density at radius 2 is 1.76 bits per heavy atom. The van der Waals surface area contributed by atoms with Crippen molar-refractivity contribution in [3.05, 3.63) is 41.5 Å². The van der Waals surface area contributed by atoms with Crippen molar-refractivity contribution in [2.24, 2.45) is 5.73 Å². The summed E-state index contributed by atoms with van der Waals surface area (Å²) in [6.45, 7) is -0.351. The average molecular weight is 291 g/mol. The zero-order valence-corrected chi connectivity index (χ0v) is 12.3. The second kappa shape index (κ2) is 7.18. The van der Waals surface area contributed by atoms with Crippen molar-refractivity contribution in [1.29, 1.82) is 0 Å². The molecule has 1 fully saturated rings. The Labute approximate surface area is 125 Å². The van der Waals surface area contributed by atoms with Gasteiger partial charge >= 0.3 is 0 Å². The van der Waals surface area contributed by atoms with Crippen LogP contribution in [0.3, 0.4) is 0 Å². The Bertz CT molecular complexity index is 463. The molecule has 1 aromatic carbocycles. The summed E-state index contributed by atoms with van der Waals surface area (Å²) >= 11 is 0. The lowest BCUT2D eigenvalue weighted by molar-refractivity contribution is 0.0521. The molecule has 2 atom stereocenters. The maximum Gasteiger partial charge on any atom is 0.0962 e. The summed E-state index contributed by atoms with van der Waals surface area (Å²) in [7, 11) is 0. The van der Waals surface area contributed by atoms with Gasteiger partial charge in [0.05, 0.1) is 24.4 Å². The number of aliphatic hydroxyl groups excluding tert-OH is 2. The van der Waals surface area contributed by atoms with Crippen molar-refractivity contribution < 1.29 is 15.3 Å². The Morgan fingerprint density at radius 1 is 1.14 bits per heavy atom. The predicted octanol–water partition coefficient (Wildman–Crippen LogP) is 1.75. The zero-order valence-electron chi connectivity index (χ0n) is 12.3. The van der Waals surface area contributed by atoms with Crippen LogP contribution in [-0.2, 0) is 0 Å². The Hall–Kier alpha value is -1.20. The number of nitrogens with two attached hydrogens (primary N) is 1. The first kappa shape index (κ1) is 16.2. The maximum absolute atomic E-state index is 10.4. The Balaban J connectivity index is 2.02. The van der Waals surface area contributed by atoms with Crippen molar-refractivity contribution in [3.8, 4) is 0 Å². The van der Waals surface area contributed by atoms with Crippen LogP contribution in [0.1, 0.15) is 49.3 Å². The van der Waals surface area contributed by atoms with Gasteiger partial charge in [0.2, 0.25) is 0 Å². The molecule has 2 rings (SSSR count). The fraction of sp³-hybridized carbons (Fsp3) is 0.529. The molecule has 4 nitrogen and oxygen atoms in total. The molecule has 4 heteroatoms. The lowest BCUT2D eigenvalue weighted by Gasteiger charge is -2.28. The minimum Gasteiger partial charge on any atom is -0.394 e. The van der Waals surface area contributed by atoms with E-state index in [1.54, 1.807) is 0 Å². The van der Waals surface area contributed by atoms with Crippen LogP contribution in [0.2, 0.25) is 0 Å². The van der Waals surface area contributed by atoms with Gasteiger partial charge in [-0.25, -0.2) is 0 Å². The highest BCUT2D eigenvalue weighted by Crippen LogP contribution is 2.29. The quantitative estimate of drug-likeness (QED) is 0.665. The second-order valence-electron chi connectivity index (χ2n) is 5.94. The van der Waals surface area contributed by atoms with Gasteiger partial charge < -0.3 is 21.1 Å². The van der Waals surface area contributed by atoms with E-state index in [1.165, 1.54) is 6.42 Å². The molecule has 21 heavy (non-hydrogen) atoms.